The first-order valence-electron chi connectivity index (χ1n) is 15.3. The highest BCUT2D eigenvalue weighted by Crippen LogP contribution is 2.52. The lowest BCUT2D eigenvalue weighted by Gasteiger charge is -2.38. The van der Waals surface area contributed by atoms with E-state index >= 15 is 0 Å². The number of para-hydroxylation sites is 1. The molecule has 2 atom stereocenters. The first kappa shape index (κ1) is 24.5. The summed E-state index contributed by atoms with van der Waals surface area (Å²) in [6, 6.07) is 39.5. The maximum Gasteiger partial charge on any atom is 0.143 e. The molecule has 0 radical (unpaired) electrons. The molecule has 0 saturated carbocycles. The molecule has 204 valence electrons. The van der Waals surface area contributed by atoms with Gasteiger partial charge in [-0.1, -0.05) is 140 Å². The van der Waals surface area contributed by atoms with Crippen molar-refractivity contribution < 1.29 is 4.42 Å². The summed E-state index contributed by atoms with van der Waals surface area (Å²) < 4.78 is 6.75. The number of benzene rings is 5. The molecule has 0 N–H and O–H groups in total. The SMILES string of the molecule is C1=CC2=C(c3ccccc3)c3ccccc3C(C3=CCCC(c4cccc5c4oc4c6ccccc6ccc54)=C3)C2C=C1. The van der Waals surface area contributed by atoms with Gasteiger partial charge in [-0.15, -0.1) is 0 Å². The van der Waals surface area contributed by atoms with Crippen LogP contribution in [0, 0.1) is 5.92 Å². The summed E-state index contributed by atoms with van der Waals surface area (Å²) in [5, 5.41) is 4.76. The molecule has 2 unspecified atom stereocenters. The lowest BCUT2D eigenvalue weighted by Crippen LogP contribution is -2.23. The summed E-state index contributed by atoms with van der Waals surface area (Å²) >= 11 is 0. The van der Waals surface area contributed by atoms with Crippen molar-refractivity contribution in [1.29, 1.82) is 0 Å². The predicted molar refractivity (Wildman–Crippen MR) is 180 cm³/mol. The molecule has 0 bridgehead atoms. The average Bonchev–Trinajstić information content (AvgIpc) is 3.47. The van der Waals surface area contributed by atoms with Crippen LogP contribution in [0.3, 0.4) is 0 Å². The van der Waals surface area contributed by atoms with Crippen LogP contribution in [0.1, 0.15) is 41.0 Å². The van der Waals surface area contributed by atoms with Crippen molar-refractivity contribution >= 4 is 43.9 Å². The van der Waals surface area contributed by atoms with Gasteiger partial charge in [-0.3, -0.25) is 0 Å². The second-order valence-corrected chi connectivity index (χ2v) is 11.9. The van der Waals surface area contributed by atoms with Crippen LogP contribution in [-0.2, 0) is 0 Å². The fourth-order valence-electron chi connectivity index (χ4n) is 7.69. The van der Waals surface area contributed by atoms with Crippen molar-refractivity contribution in [2.75, 3.05) is 0 Å². The maximum absolute atomic E-state index is 6.75. The average molecular weight is 551 g/mol. The Balaban J connectivity index is 1.21. The van der Waals surface area contributed by atoms with Gasteiger partial charge in [-0.05, 0) is 63.3 Å². The predicted octanol–water partition coefficient (Wildman–Crippen LogP) is 11.2. The highest BCUT2D eigenvalue weighted by molar-refractivity contribution is 6.16. The van der Waals surface area contributed by atoms with Crippen LogP contribution in [-0.4, -0.2) is 0 Å². The first-order chi connectivity index (χ1) is 21.3. The van der Waals surface area contributed by atoms with Gasteiger partial charge < -0.3 is 4.42 Å². The highest BCUT2D eigenvalue weighted by Gasteiger charge is 2.36. The summed E-state index contributed by atoms with van der Waals surface area (Å²) in [5.74, 6) is 0.541. The Hall–Kier alpha value is -5.14. The minimum Gasteiger partial charge on any atom is -0.455 e. The molecule has 1 heterocycles. The third-order valence-electron chi connectivity index (χ3n) is 9.57. The van der Waals surface area contributed by atoms with Gasteiger partial charge in [-0.2, -0.15) is 0 Å². The van der Waals surface area contributed by atoms with Crippen LogP contribution in [0.15, 0.2) is 161 Å². The second-order valence-electron chi connectivity index (χ2n) is 11.9. The summed E-state index contributed by atoms with van der Waals surface area (Å²) in [4.78, 5) is 0. The van der Waals surface area contributed by atoms with E-state index in [4.69, 9.17) is 4.42 Å². The molecule has 43 heavy (non-hydrogen) atoms. The Kier molecular flexibility index (Phi) is 5.52. The van der Waals surface area contributed by atoms with E-state index in [1.165, 1.54) is 66.1 Å². The van der Waals surface area contributed by atoms with E-state index < -0.39 is 0 Å². The summed E-state index contributed by atoms with van der Waals surface area (Å²) in [6.07, 6.45) is 16.2. The van der Waals surface area contributed by atoms with Crippen LogP contribution >= 0.6 is 0 Å². The quantitative estimate of drug-likeness (QED) is 0.214. The Morgan fingerprint density at radius 2 is 1.42 bits per heavy atom. The van der Waals surface area contributed by atoms with Crippen molar-refractivity contribution in [3.8, 4) is 0 Å². The van der Waals surface area contributed by atoms with Crippen LogP contribution in [0.4, 0.5) is 0 Å². The van der Waals surface area contributed by atoms with Gasteiger partial charge in [0.1, 0.15) is 11.2 Å². The van der Waals surface area contributed by atoms with Gasteiger partial charge in [0.25, 0.3) is 0 Å². The molecule has 0 fully saturated rings. The number of hydrogen-bond donors (Lipinski definition) is 0. The van der Waals surface area contributed by atoms with Crippen molar-refractivity contribution in [1.82, 2.24) is 0 Å². The molecule has 1 nitrogen and oxygen atoms in total. The number of fused-ring (bicyclic) bond motifs is 7. The van der Waals surface area contributed by atoms with Gasteiger partial charge >= 0.3 is 0 Å². The molecule has 0 amide bonds. The molecular formula is C42H30O. The number of rotatable bonds is 3. The largest absolute Gasteiger partial charge is 0.455 e. The van der Waals surface area contributed by atoms with E-state index in [0.717, 1.165) is 24.0 Å². The minimum absolute atomic E-state index is 0.258. The molecule has 0 saturated heterocycles. The van der Waals surface area contributed by atoms with Crippen LogP contribution in [0.25, 0.3) is 43.9 Å². The van der Waals surface area contributed by atoms with Gasteiger partial charge in [0.05, 0.1) is 0 Å². The van der Waals surface area contributed by atoms with Crippen molar-refractivity contribution in [3.05, 3.63) is 179 Å². The Morgan fingerprint density at radius 3 is 2.37 bits per heavy atom. The minimum atomic E-state index is 0.258. The molecular weight excluding hydrogens is 520 g/mol. The summed E-state index contributed by atoms with van der Waals surface area (Å²) in [5.41, 5.74) is 12.8. The molecule has 9 rings (SSSR count). The van der Waals surface area contributed by atoms with E-state index in [-0.39, 0.29) is 11.8 Å². The lowest BCUT2D eigenvalue weighted by atomic mass is 9.65. The van der Waals surface area contributed by atoms with Gasteiger partial charge in [0.2, 0.25) is 0 Å². The molecule has 5 aromatic carbocycles. The van der Waals surface area contributed by atoms with Gasteiger partial charge in [-0.25, -0.2) is 0 Å². The fraction of sp³-hybridized carbons (Fsp3) is 0.0952. The smallest absolute Gasteiger partial charge is 0.143 e. The van der Waals surface area contributed by atoms with E-state index in [1.807, 2.05) is 0 Å². The molecule has 0 aliphatic heterocycles. The van der Waals surface area contributed by atoms with E-state index in [2.05, 4.69) is 146 Å². The first-order valence-corrected chi connectivity index (χ1v) is 15.3. The molecule has 0 spiro atoms. The van der Waals surface area contributed by atoms with E-state index in [0.29, 0.717) is 0 Å². The summed E-state index contributed by atoms with van der Waals surface area (Å²) in [6.45, 7) is 0. The van der Waals surface area contributed by atoms with Crippen molar-refractivity contribution in [2.45, 2.75) is 18.8 Å². The Bertz CT molecular complexity index is 2230. The monoisotopic (exact) mass is 550 g/mol. The summed E-state index contributed by atoms with van der Waals surface area (Å²) in [7, 11) is 0. The van der Waals surface area contributed by atoms with E-state index in [9.17, 15) is 0 Å². The maximum atomic E-state index is 6.75. The fourth-order valence-corrected chi connectivity index (χ4v) is 7.69. The van der Waals surface area contributed by atoms with E-state index in [1.54, 1.807) is 0 Å². The standard InChI is InChI=1S/C42H30O/c1-2-13-28(14-3-1)39-33-18-6-8-20-35(33)40(36-21-9-7-19-34(36)39)30-16-10-15-29(26-30)32-22-11-23-37-38-25-24-27-12-4-5-17-31(27)41(38)43-42(32)37/h1-9,11-14,16-26,35,40H,10,15H2. The second kappa shape index (κ2) is 9.71. The third-order valence-corrected chi connectivity index (χ3v) is 9.57. The molecule has 3 aliphatic rings. The van der Waals surface area contributed by atoms with Gasteiger partial charge in [0, 0.05) is 33.6 Å². The van der Waals surface area contributed by atoms with Crippen LogP contribution < -0.4 is 0 Å². The zero-order valence-electron chi connectivity index (χ0n) is 23.8. The van der Waals surface area contributed by atoms with Crippen molar-refractivity contribution in [3.63, 3.8) is 0 Å². The lowest BCUT2D eigenvalue weighted by molar-refractivity contribution is 0.643. The molecule has 1 aromatic heterocycles. The topological polar surface area (TPSA) is 13.1 Å². The molecule has 6 aromatic rings. The van der Waals surface area contributed by atoms with Crippen molar-refractivity contribution in [2.24, 2.45) is 5.92 Å². The zero-order chi connectivity index (χ0) is 28.3. The van der Waals surface area contributed by atoms with Gasteiger partial charge in [0.15, 0.2) is 0 Å². The Labute approximate surface area is 251 Å². The third kappa shape index (κ3) is 3.78. The molecule has 3 aliphatic carbocycles. The number of allylic oxidation sites excluding steroid dienone is 9. The number of furan rings is 1. The zero-order valence-corrected chi connectivity index (χ0v) is 23.8. The Morgan fingerprint density at radius 1 is 0.628 bits per heavy atom. The molecule has 1 heteroatoms. The van der Waals surface area contributed by atoms with Crippen LogP contribution in [0.2, 0.25) is 0 Å². The highest BCUT2D eigenvalue weighted by atomic mass is 16.3. The normalized spacial score (nSPS) is 19.4. The number of hydrogen-bond acceptors (Lipinski definition) is 1. The van der Waals surface area contributed by atoms with Crippen LogP contribution in [0.5, 0.6) is 0 Å².